The van der Waals surface area contributed by atoms with Crippen LogP contribution in [0.15, 0.2) is 53.0 Å². The van der Waals surface area contributed by atoms with Crippen molar-refractivity contribution < 1.29 is 14.4 Å². The first-order chi connectivity index (χ1) is 13.3. The zero-order valence-electron chi connectivity index (χ0n) is 15.2. The maximum Gasteiger partial charge on any atom is 0.322 e. The van der Waals surface area contributed by atoms with E-state index in [0.717, 1.165) is 10.9 Å². The van der Waals surface area contributed by atoms with Crippen molar-refractivity contribution in [1.29, 1.82) is 0 Å². The summed E-state index contributed by atoms with van der Waals surface area (Å²) >= 11 is 3.53. The van der Waals surface area contributed by atoms with Gasteiger partial charge < -0.3 is 15.2 Å². The second kappa shape index (κ2) is 6.49. The van der Waals surface area contributed by atoms with E-state index in [0.29, 0.717) is 21.4 Å². The molecule has 0 saturated carbocycles. The SMILES string of the molecule is Cn1c(C(=O)Nc2cccc(C3(C)NC(=O)NC3=O)c2)c(Br)c2ccccc21. The van der Waals surface area contributed by atoms with Gasteiger partial charge >= 0.3 is 6.03 Å². The van der Waals surface area contributed by atoms with Crippen molar-refractivity contribution in [2.24, 2.45) is 7.05 Å². The topological polar surface area (TPSA) is 92.2 Å². The minimum atomic E-state index is -1.18. The van der Waals surface area contributed by atoms with E-state index >= 15 is 0 Å². The number of benzene rings is 2. The highest BCUT2D eigenvalue weighted by Gasteiger charge is 2.43. The standard InChI is InChI=1S/C20H17BrN4O3/c1-20(18(27)23-19(28)24-20)11-6-5-7-12(10-11)22-17(26)16-15(21)13-8-3-4-9-14(13)25(16)2/h3-10H,1-2H3,(H,22,26)(H2,23,24,27,28). The highest BCUT2D eigenvalue weighted by Crippen LogP contribution is 2.31. The van der Waals surface area contributed by atoms with Gasteiger partial charge in [0.05, 0.1) is 4.47 Å². The number of imide groups is 1. The normalized spacial score (nSPS) is 18.8. The van der Waals surface area contributed by atoms with Gasteiger partial charge in [-0.2, -0.15) is 0 Å². The molecular formula is C20H17BrN4O3. The van der Waals surface area contributed by atoms with E-state index in [1.165, 1.54) is 0 Å². The Bertz CT molecular complexity index is 1110. The summed E-state index contributed by atoms with van der Waals surface area (Å²) in [6.07, 6.45) is 0. The van der Waals surface area contributed by atoms with E-state index in [-0.39, 0.29) is 5.91 Å². The van der Waals surface area contributed by atoms with Crippen LogP contribution in [0.4, 0.5) is 10.5 Å². The molecule has 1 saturated heterocycles. The Morgan fingerprint density at radius 2 is 1.89 bits per heavy atom. The Balaban J connectivity index is 1.67. The summed E-state index contributed by atoms with van der Waals surface area (Å²) < 4.78 is 2.54. The summed E-state index contributed by atoms with van der Waals surface area (Å²) in [4.78, 5) is 36.6. The van der Waals surface area contributed by atoms with Crippen molar-refractivity contribution in [3.8, 4) is 0 Å². The van der Waals surface area contributed by atoms with Crippen LogP contribution in [0.5, 0.6) is 0 Å². The number of anilines is 1. The predicted molar refractivity (Wildman–Crippen MR) is 109 cm³/mol. The first kappa shape index (κ1) is 18.2. The maximum absolute atomic E-state index is 12.9. The molecule has 0 aliphatic carbocycles. The number of nitrogens with zero attached hydrogens (tertiary/aromatic N) is 1. The average Bonchev–Trinajstić information content (AvgIpc) is 3.08. The van der Waals surface area contributed by atoms with Gasteiger partial charge in [0.1, 0.15) is 11.2 Å². The number of halogens is 1. The zero-order chi connectivity index (χ0) is 20.1. The van der Waals surface area contributed by atoms with Crippen molar-refractivity contribution in [2.45, 2.75) is 12.5 Å². The van der Waals surface area contributed by atoms with Gasteiger partial charge in [0, 0.05) is 23.6 Å². The Kier molecular flexibility index (Phi) is 4.23. The molecule has 4 rings (SSSR count). The van der Waals surface area contributed by atoms with Crippen LogP contribution in [0.3, 0.4) is 0 Å². The number of hydrogen-bond donors (Lipinski definition) is 3. The molecule has 2 aromatic carbocycles. The minimum Gasteiger partial charge on any atom is -0.339 e. The van der Waals surface area contributed by atoms with Gasteiger partial charge in [0.25, 0.3) is 11.8 Å². The Hall–Kier alpha value is -3.13. The number of hydrogen-bond acceptors (Lipinski definition) is 3. The molecule has 0 spiro atoms. The van der Waals surface area contributed by atoms with Gasteiger partial charge in [-0.3, -0.25) is 14.9 Å². The molecule has 1 unspecified atom stereocenters. The zero-order valence-corrected chi connectivity index (χ0v) is 16.8. The van der Waals surface area contributed by atoms with Crippen LogP contribution in [0.2, 0.25) is 0 Å². The van der Waals surface area contributed by atoms with Crippen molar-refractivity contribution >= 4 is 50.4 Å². The summed E-state index contributed by atoms with van der Waals surface area (Å²) in [5.74, 6) is -0.717. The molecule has 142 valence electrons. The Morgan fingerprint density at radius 1 is 1.14 bits per heavy atom. The second-order valence-corrected chi connectivity index (χ2v) is 7.60. The molecule has 8 heteroatoms. The van der Waals surface area contributed by atoms with Crippen LogP contribution in [0.25, 0.3) is 10.9 Å². The lowest BCUT2D eigenvalue weighted by Crippen LogP contribution is -2.40. The lowest BCUT2D eigenvalue weighted by atomic mass is 9.92. The molecule has 28 heavy (non-hydrogen) atoms. The van der Waals surface area contributed by atoms with E-state index in [2.05, 4.69) is 31.9 Å². The lowest BCUT2D eigenvalue weighted by Gasteiger charge is -2.21. The highest BCUT2D eigenvalue weighted by molar-refractivity contribution is 9.10. The Labute approximate surface area is 169 Å². The van der Waals surface area contributed by atoms with Gasteiger partial charge in [-0.25, -0.2) is 4.79 Å². The summed E-state index contributed by atoms with van der Waals surface area (Å²) in [7, 11) is 1.83. The van der Waals surface area contributed by atoms with Gasteiger partial charge in [-0.15, -0.1) is 0 Å². The monoisotopic (exact) mass is 440 g/mol. The molecule has 1 aliphatic rings. The molecule has 3 N–H and O–H groups in total. The molecule has 1 aromatic heterocycles. The Morgan fingerprint density at radius 3 is 2.57 bits per heavy atom. The molecule has 1 aliphatic heterocycles. The van der Waals surface area contributed by atoms with Gasteiger partial charge in [-0.05, 0) is 46.6 Å². The summed E-state index contributed by atoms with van der Waals surface area (Å²) in [6.45, 7) is 1.62. The minimum absolute atomic E-state index is 0.284. The van der Waals surface area contributed by atoms with Crippen LogP contribution in [-0.4, -0.2) is 22.4 Å². The van der Waals surface area contributed by atoms with E-state index in [1.807, 2.05) is 35.9 Å². The van der Waals surface area contributed by atoms with Gasteiger partial charge in [-0.1, -0.05) is 30.3 Å². The third-order valence-electron chi connectivity index (χ3n) is 5.00. The van der Waals surface area contributed by atoms with Gasteiger partial charge in [0.15, 0.2) is 0 Å². The first-order valence-corrected chi connectivity index (χ1v) is 9.39. The maximum atomic E-state index is 12.9. The smallest absolute Gasteiger partial charge is 0.322 e. The summed E-state index contributed by atoms with van der Waals surface area (Å²) in [5, 5.41) is 8.68. The molecule has 0 bridgehead atoms. The van der Waals surface area contributed by atoms with Crippen LogP contribution in [0, 0.1) is 0 Å². The first-order valence-electron chi connectivity index (χ1n) is 8.59. The number of carbonyl (C=O) groups excluding carboxylic acids is 3. The van der Waals surface area contributed by atoms with Crippen LogP contribution in [-0.2, 0) is 17.4 Å². The molecule has 1 atom stereocenters. The molecule has 4 amide bonds. The number of carbonyl (C=O) groups is 3. The van der Waals surface area contributed by atoms with Crippen molar-refractivity contribution in [2.75, 3.05) is 5.32 Å². The lowest BCUT2D eigenvalue weighted by molar-refractivity contribution is -0.123. The number of fused-ring (bicyclic) bond motifs is 1. The third kappa shape index (κ3) is 2.77. The number of nitrogens with one attached hydrogen (secondary N) is 3. The van der Waals surface area contributed by atoms with Crippen LogP contribution in [0.1, 0.15) is 23.0 Å². The highest BCUT2D eigenvalue weighted by atomic mass is 79.9. The number of aromatic nitrogens is 1. The molecule has 2 heterocycles. The average molecular weight is 441 g/mol. The summed E-state index contributed by atoms with van der Waals surface area (Å²) in [6, 6.07) is 14.1. The molecule has 0 radical (unpaired) electrons. The number of rotatable bonds is 3. The summed E-state index contributed by atoms with van der Waals surface area (Å²) in [5.41, 5.74) is 1.34. The molecule has 3 aromatic rings. The fourth-order valence-electron chi connectivity index (χ4n) is 3.44. The number of para-hydroxylation sites is 1. The van der Waals surface area contributed by atoms with E-state index in [1.54, 1.807) is 31.2 Å². The van der Waals surface area contributed by atoms with E-state index < -0.39 is 17.5 Å². The van der Waals surface area contributed by atoms with Gasteiger partial charge in [0.2, 0.25) is 0 Å². The van der Waals surface area contributed by atoms with Crippen molar-refractivity contribution in [1.82, 2.24) is 15.2 Å². The van der Waals surface area contributed by atoms with E-state index in [9.17, 15) is 14.4 Å². The number of aryl methyl sites for hydroxylation is 1. The van der Waals surface area contributed by atoms with E-state index in [4.69, 9.17) is 0 Å². The third-order valence-corrected chi connectivity index (χ3v) is 5.81. The van der Waals surface area contributed by atoms with Crippen molar-refractivity contribution in [3.63, 3.8) is 0 Å². The molecule has 1 fully saturated rings. The predicted octanol–water partition coefficient (Wildman–Crippen LogP) is 3.25. The molecular weight excluding hydrogens is 424 g/mol. The largest absolute Gasteiger partial charge is 0.339 e. The fraction of sp³-hybridized carbons (Fsp3) is 0.150. The van der Waals surface area contributed by atoms with Crippen LogP contribution < -0.4 is 16.0 Å². The fourth-order valence-corrected chi connectivity index (χ4v) is 4.23. The second-order valence-electron chi connectivity index (χ2n) is 6.81. The van der Waals surface area contributed by atoms with Crippen LogP contribution >= 0.6 is 15.9 Å². The quantitative estimate of drug-likeness (QED) is 0.545. The van der Waals surface area contributed by atoms with Crippen molar-refractivity contribution in [3.05, 3.63) is 64.3 Å². The number of amides is 4. The number of urea groups is 1. The molecule has 7 nitrogen and oxygen atoms in total.